The van der Waals surface area contributed by atoms with Crippen LogP contribution in [0.4, 0.5) is 0 Å². The summed E-state index contributed by atoms with van der Waals surface area (Å²) in [5.41, 5.74) is 0. The van der Waals surface area contributed by atoms with Crippen molar-refractivity contribution < 1.29 is 10.2 Å². The van der Waals surface area contributed by atoms with Crippen molar-refractivity contribution in [2.24, 2.45) is 0 Å². The molecule has 0 N–H and O–H groups in total. The van der Waals surface area contributed by atoms with Crippen LogP contribution in [-0.2, 0) is 5.11 Å². The fourth-order valence-corrected chi connectivity index (χ4v) is 0.826. The highest BCUT2D eigenvalue weighted by Gasteiger charge is 2.03. The normalized spacial score (nSPS) is 9.80. The molecule has 0 heterocycles. The number of rotatable bonds is 0. The van der Waals surface area contributed by atoms with Gasteiger partial charge in [0.25, 0.3) is 0 Å². The van der Waals surface area contributed by atoms with Crippen molar-refractivity contribution in [3.8, 4) is 11.5 Å². The quantitative estimate of drug-likeness (QED) is 0.598. The van der Waals surface area contributed by atoms with Gasteiger partial charge in [-0.05, 0) is 6.07 Å². The number of halogens is 2. The molecule has 0 atom stereocenters. The molecule has 0 aliphatic carbocycles. The topological polar surface area (TPSA) is 43.0 Å². The van der Waals surface area contributed by atoms with Crippen LogP contribution in [0.1, 0.15) is 0 Å². The van der Waals surface area contributed by atoms with Gasteiger partial charge in [-0.15, -0.1) is 0 Å². The van der Waals surface area contributed by atoms with Gasteiger partial charge in [0.1, 0.15) is 5.02 Å². The van der Waals surface area contributed by atoms with Crippen molar-refractivity contribution in [3.05, 3.63) is 22.2 Å². The van der Waals surface area contributed by atoms with Crippen molar-refractivity contribution in [1.82, 2.24) is 0 Å². The highest BCUT2D eigenvalue weighted by atomic mass is 35.5. The molecule has 0 spiro atoms. The molecule has 0 unspecified atom stereocenters. The maximum atomic E-state index is 10.6. The van der Waals surface area contributed by atoms with Crippen LogP contribution in [0.15, 0.2) is 12.1 Å². The zero-order chi connectivity index (χ0) is 7.72. The van der Waals surface area contributed by atoms with E-state index in [0.29, 0.717) is 0 Å². The molecule has 0 aromatic heterocycles. The maximum Gasteiger partial charge on any atom is 0.198 e. The number of hydrogen-bond donors (Lipinski definition) is 0. The summed E-state index contributed by atoms with van der Waals surface area (Å²) < 4.78 is 0. The average molecular weight is 177 g/mol. The fourth-order valence-electron chi connectivity index (χ4n) is 0.514. The monoisotopic (exact) mass is 176 g/mol. The van der Waals surface area contributed by atoms with Gasteiger partial charge < -0.3 is 5.11 Å². The molecule has 1 radical (unpaired) electrons. The van der Waals surface area contributed by atoms with Gasteiger partial charge in [-0.25, -0.2) is 0 Å². The summed E-state index contributed by atoms with van der Waals surface area (Å²) >= 11 is 10.7. The Labute approximate surface area is 67.6 Å². The van der Waals surface area contributed by atoms with E-state index >= 15 is 0 Å². The van der Waals surface area contributed by atoms with Gasteiger partial charge in [0, 0.05) is 0 Å². The lowest BCUT2D eigenvalue weighted by molar-refractivity contribution is -0.268. The SMILES string of the molecule is [O]c1ccc([O-])c(Cl)c1Cl. The molecule has 53 valence electrons. The van der Waals surface area contributed by atoms with E-state index in [0.717, 1.165) is 12.1 Å². The fraction of sp³-hybridized carbons (Fsp3) is 0. The van der Waals surface area contributed by atoms with Crippen LogP contribution < -0.4 is 5.11 Å². The van der Waals surface area contributed by atoms with Gasteiger partial charge in [0.2, 0.25) is 0 Å². The molecule has 0 saturated heterocycles. The van der Waals surface area contributed by atoms with Crippen LogP contribution in [0.25, 0.3) is 0 Å². The molecule has 4 heteroatoms. The summed E-state index contributed by atoms with van der Waals surface area (Å²) in [5.74, 6) is -0.850. The van der Waals surface area contributed by atoms with Gasteiger partial charge in [-0.2, -0.15) is 0 Å². The van der Waals surface area contributed by atoms with Crippen LogP contribution in [0.2, 0.25) is 10.0 Å². The van der Waals surface area contributed by atoms with Crippen molar-refractivity contribution in [1.29, 1.82) is 0 Å². The minimum Gasteiger partial charge on any atom is -0.871 e. The highest BCUT2D eigenvalue weighted by Crippen LogP contribution is 2.35. The van der Waals surface area contributed by atoms with E-state index in [1.807, 2.05) is 0 Å². The molecule has 0 bridgehead atoms. The van der Waals surface area contributed by atoms with E-state index in [-0.39, 0.29) is 10.0 Å². The Morgan fingerprint density at radius 1 is 1.20 bits per heavy atom. The predicted molar refractivity (Wildman–Crippen MR) is 36.0 cm³/mol. The van der Waals surface area contributed by atoms with Crippen molar-refractivity contribution >= 4 is 23.2 Å². The Hall–Kier alpha value is -0.600. The summed E-state index contributed by atoms with van der Waals surface area (Å²) in [6.07, 6.45) is 0. The van der Waals surface area contributed by atoms with Crippen LogP contribution in [-0.4, -0.2) is 0 Å². The van der Waals surface area contributed by atoms with Crippen molar-refractivity contribution in [2.45, 2.75) is 0 Å². The van der Waals surface area contributed by atoms with Gasteiger partial charge in [-0.3, -0.25) is 5.11 Å². The smallest absolute Gasteiger partial charge is 0.198 e. The largest absolute Gasteiger partial charge is 0.871 e. The van der Waals surface area contributed by atoms with Crippen molar-refractivity contribution in [2.75, 3.05) is 0 Å². The summed E-state index contributed by atoms with van der Waals surface area (Å²) in [7, 11) is 0. The predicted octanol–water partition coefficient (Wildman–Crippen LogP) is 2.21. The van der Waals surface area contributed by atoms with Crippen LogP contribution in [0.3, 0.4) is 0 Å². The Kier molecular flexibility index (Phi) is 1.92. The molecule has 1 rings (SSSR count). The first-order valence-corrected chi connectivity index (χ1v) is 3.20. The number of hydrogen-bond acceptors (Lipinski definition) is 1. The number of benzene rings is 1. The van der Waals surface area contributed by atoms with Crippen LogP contribution in [0.5, 0.6) is 11.5 Å². The molecule has 1 aromatic rings. The molecule has 2 nitrogen and oxygen atoms in total. The molecule has 0 amide bonds. The summed E-state index contributed by atoms with van der Waals surface area (Å²) in [6, 6.07) is 2.19. The molecular formula is C6H2Cl2O2-. The zero-order valence-corrected chi connectivity index (χ0v) is 6.24. The summed E-state index contributed by atoms with van der Waals surface area (Å²) in [4.78, 5) is 0. The first-order chi connectivity index (χ1) is 4.63. The van der Waals surface area contributed by atoms with E-state index in [2.05, 4.69) is 0 Å². The van der Waals surface area contributed by atoms with Gasteiger partial charge in [0.15, 0.2) is 5.75 Å². The molecule has 0 aliphatic rings. The first kappa shape index (κ1) is 7.51. The minimum atomic E-state index is -0.425. The maximum absolute atomic E-state index is 10.6. The van der Waals surface area contributed by atoms with Crippen LogP contribution >= 0.6 is 23.2 Å². The molecule has 10 heavy (non-hydrogen) atoms. The summed E-state index contributed by atoms with van der Waals surface area (Å²) in [6.45, 7) is 0. The third kappa shape index (κ3) is 1.13. The van der Waals surface area contributed by atoms with Gasteiger partial charge in [-0.1, -0.05) is 35.0 Å². The first-order valence-electron chi connectivity index (χ1n) is 2.45. The average Bonchev–Trinajstić information content (AvgIpc) is 1.93. The third-order valence-corrected chi connectivity index (χ3v) is 1.86. The van der Waals surface area contributed by atoms with E-state index < -0.39 is 11.5 Å². The van der Waals surface area contributed by atoms with E-state index in [9.17, 15) is 10.2 Å². The van der Waals surface area contributed by atoms with Gasteiger partial charge in [0.05, 0.1) is 5.02 Å². The van der Waals surface area contributed by atoms with Crippen molar-refractivity contribution in [3.63, 3.8) is 0 Å². The van der Waals surface area contributed by atoms with E-state index in [1.54, 1.807) is 0 Å². The Morgan fingerprint density at radius 3 is 2.30 bits per heavy atom. The second-order valence-electron chi connectivity index (χ2n) is 1.69. The van der Waals surface area contributed by atoms with E-state index in [4.69, 9.17) is 23.2 Å². The molecule has 0 saturated carbocycles. The molecule has 0 aliphatic heterocycles. The zero-order valence-electron chi connectivity index (χ0n) is 4.73. The standard InChI is InChI=1S/C6H3Cl2O2/c7-5-3(9)1-2-4(10)6(5)8/h1-2,9H/p-1. The second-order valence-corrected chi connectivity index (χ2v) is 2.45. The molecular weight excluding hydrogens is 175 g/mol. The second kappa shape index (κ2) is 2.56. The third-order valence-electron chi connectivity index (χ3n) is 1.01. The Bertz CT molecular complexity index is 233. The van der Waals surface area contributed by atoms with Crippen LogP contribution in [0, 0.1) is 0 Å². The van der Waals surface area contributed by atoms with Gasteiger partial charge >= 0.3 is 0 Å². The molecule has 0 fully saturated rings. The minimum absolute atomic E-state index is 0.200. The molecule has 1 aromatic carbocycles. The Balaban J connectivity index is 3.34. The highest BCUT2D eigenvalue weighted by molar-refractivity contribution is 6.43. The lowest BCUT2D eigenvalue weighted by Crippen LogP contribution is -1.89. The Morgan fingerprint density at radius 2 is 1.80 bits per heavy atom. The lowest BCUT2D eigenvalue weighted by atomic mass is 10.3. The summed E-state index contributed by atoms with van der Waals surface area (Å²) in [5, 5.41) is 20.9. The van der Waals surface area contributed by atoms with E-state index in [1.165, 1.54) is 0 Å². The lowest BCUT2D eigenvalue weighted by Gasteiger charge is -2.07.